The lowest BCUT2D eigenvalue weighted by atomic mass is 10.1. The van der Waals surface area contributed by atoms with Crippen LogP contribution in [0.1, 0.15) is 29.8 Å². The average molecular weight is 368 g/mol. The van der Waals surface area contributed by atoms with Crippen LogP contribution in [-0.2, 0) is 10.0 Å². The summed E-state index contributed by atoms with van der Waals surface area (Å²) in [7, 11) is -4.27. The van der Waals surface area contributed by atoms with Crippen molar-refractivity contribution in [3.05, 3.63) is 59.2 Å². The molecule has 1 amide bonds. The third-order valence-electron chi connectivity index (χ3n) is 3.38. The van der Waals surface area contributed by atoms with Gasteiger partial charge in [-0.1, -0.05) is 12.1 Å². The zero-order chi connectivity index (χ0) is 18.8. The topological polar surface area (TPSA) is 75.3 Å². The van der Waals surface area contributed by atoms with E-state index in [1.807, 2.05) is 4.72 Å². The van der Waals surface area contributed by atoms with Gasteiger partial charge in [-0.3, -0.25) is 9.52 Å². The van der Waals surface area contributed by atoms with Crippen molar-refractivity contribution in [2.75, 3.05) is 4.72 Å². The van der Waals surface area contributed by atoms with E-state index in [9.17, 15) is 22.0 Å². The maximum absolute atomic E-state index is 13.7. The van der Waals surface area contributed by atoms with Crippen LogP contribution in [0.2, 0.25) is 0 Å². The Labute approximate surface area is 145 Å². The van der Waals surface area contributed by atoms with Gasteiger partial charge in [-0.05, 0) is 50.6 Å². The molecule has 0 fully saturated rings. The smallest absolute Gasteiger partial charge is 0.262 e. The summed E-state index contributed by atoms with van der Waals surface area (Å²) in [4.78, 5) is 11.9. The van der Waals surface area contributed by atoms with Gasteiger partial charge in [0.25, 0.3) is 15.9 Å². The van der Waals surface area contributed by atoms with Crippen LogP contribution < -0.4 is 10.0 Å². The van der Waals surface area contributed by atoms with Crippen LogP contribution in [0.4, 0.5) is 14.5 Å². The second-order valence-corrected chi connectivity index (χ2v) is 7.49. The van der Waals surface area contributed by atoms with Crippen LogP contribution in [0.25, 0.3) is 0 Å². The summed E-state index contributed by atoms with van der Waals surface area (Å²) in [5, 5.41) is 2.67. The standard InChI is InChI=1S/C17H18F2N2O3S/c1-10(2)20-17(22)13-9-12(8-7-11(13)3)25(23,24)21-16-14(18)5-4-6-15(16)19/h4-10,21H,1-3H3,(H,20,22). The Hall–Kier alpha value is -2.48. The maximum Gasteiger partial charge on any atom is 0.262 e. The third-order valence-corrected chi connectivity index (χ3v) is 4.73. The van der Waals surface area contributed by atoms with Gasteiger partial charge in [-0.15, -0.1) is 0 Å². The van der Waals surface area contributed by atoms with E-state index >= 15 is 0 Å². The molecular weight excluding hydrogens is 350 g/mol. The molecule has 25 heavy (non-hydrogen) atoms. The number of halogens is 2. The number of anilines is 1. The summed E-state index contributed by atoms with van der Waals surface area (Å²) in [5.41, 5.74) is -0.0176. The number of hydrogen-bond acceptors (Lipinski definition) is 3. The molecule has 0 aromatic heterocycles. The second kappa shape index (κ2) is 7.18. The zero-order valence-electron chi connectivity index (χ0n) is 13.9. The van der Waals surface area contributed by atoms with E-state index in [0.717, 1.165) is 18.2 Å². The molecule has 5 nitrogen and oxygen atoms in total. The van der Waals surface area contributed by atoms with E-state index < -0.39 is 33.3 Å². The number of rotatable bonds is 5. The molecule has 2 aromatic rings. The van der Waals surface area contributed by atoms with Gasteiger partial charge in [0.1, 0.15) is 17.3 Å². The first-order valence-corrected chi connectivity index (χ1v) is 8.98. The van der Waals surface area contributed by atoms with Crippen molar-refractivity contribution in [1.29, 1.82) is 0 Å². The van der Waals surface area contributed by atoms with E-state index in [-0.39, 0.29) is 16.5 Å². The molecule has 0 saturated carbocycles. The number of benzene rings is 2. The van der Waals surface area contributed by atoms with Crippen molar-refractivity contribution < 1.29 is 22.0 Å². The quantitative estimate of drug-likeness (QED) is 0.851. The summed E-state index contributed by atoms with van der Waals surface area (Å²) in [6.07, 6.45) is 0. The molecule has 2 rings (SSSR count). The Morgan fingerprint density at radius 3 is 2.24 bits per heavy atom. The molecule has 0 radical (unpaired) electrons. The molecule has 0 aliphatic heterocycles. The average Bonchev–Trinajstić information content (AvgIpc) is 2.50. The Kier molecular flexibility index (Phi) is 5.42. The van der Waals surface area contributed by atoms with Crippen molar-refractivity contribution in [3.8, 4) is 0 Å². The molecule has 8 heteroatoms. The van der Waals surface area contributed by atoms with E-state index in [0.29, 0.717) is 5.56 Å². The van der Waals surface area contributed by atoms with Gasteiger partial charge in [0.2, 0.25) is 0 Å². The molecule has 2 aromatic carbocycles. The lowest BCUT2D eigenvalue weighted by Crippen LogP contribution is -2.30. The summed E-state index contributed by atoms with van der Waals surface area (Å²) in [6, 6.07) is 6.79. The van der Waals surface area contributed by atoms with Crippen molar-refractivity contribution in [2.24, 2.45) is 0 Å². The molecule has 0 aliphatic rings. The van der Waals surface area contributed by atoms with Crippen LogP contribution in [0, 0.1) is 18.6 Å². The first kappa shape index (κ1) is 18.9. The minimum atomic E-state index is -4.27. The van der Waals surface area contributed by atoms with Crippen LogP contribution in [0.3, 0.4) is 0 Å². The normalized spacial score (nSPS) is 11.4. The fourth-order valence-corrected chi connectivity index (χ4v) is 3.24. The van der Waals surface area contributed by atoms with Gasteiger partial charge in [-0.2, -0.15) is 0 Å². The first-order valence-electron chi connectivity index (χ1n) is 7.50. The van der Waals surface area contributed by atoms with E-state index in [1.165, 1.54) is 18.2 Å². The van der Waals surface area contributed by atoms with Crippen LogP contribution in [0.15, 0.2) is 41.3 Å². The molecule has 0 spiro atoms. The van der Waals surface area contributed by atoms with Crippen molar-refractivity contribution in [2.45, 2.75) is 31.7 Å². The minimum absolute atomic E-state index is 0.127. The van der Waals surface area contributed by atoms with Crippen molar-refractivity contribution >= 4 is 21.6 Å². The largest absolute Gasteiger partial charge is 0.350 e. The number of sulfonamides is 1. The highest BCUT2D eigenvalue weighted by atomic mass is 32.2. The van der Waals surface area contributed by atoms with Crippen LogP contribution >= 0.6 is 0 Å². The molecular formula is C17H18F2N2O3S. The number of aryl methyl sites for hydroxylation is 1. The molecule has 0 bridgehead atoms. The predicted molar refractivity (Wildman–Crippen MR) is 90.9 cm³/mol. The number of para-hydroxylation sites is 1. The molecule has 134 valence electrons. The lowest BCUT2D eigenvalue weighted by molar-refractivity contribution is 0.0942. The van der Waals surface area contributed by atoms with Crippen molar-refractivity contribution in [1.82, 2.24) is 5.32 Å². The molecule has 0 atom stereocenters. The Balaban J connectivity index is 2.42. The Bertz CT molecular complexity index is 892. The van der Waals surface area contributed by atoms with Gasteiger partial charge >= 0.3 is 0 Å². The van der Waals surface area contributed by atoms with Gasteiger partial charge in [0, 0.05) is 11.6 Å². The number of nitrogens with one attached hydrogen (secondary N) is 2. The molecule has 0 unspecified atom stereocenters. The first-order chi connectivity index (χ1) is 11.6. The maximum atomic E-state index is 13.7. The second-order valence-electron chi connectivity index (χ2n) is 5.81. The molecule has 0 saturated heterocycles. The highest BCUT2D eigenvalue weighted by Gasteiger charge is 2.21. The van der Waals surface area contributed by atoms with Gasteiger partial charge in [0.15, 0.2) is 0 Å². The minimum Gasteiger partial charge on any atom is -0.350 e. The van der Waals surface area contributed by atoms with Gasteiger partial charge in [0.05, 0.1) is 4.90 Å². The fourth-order valence-electron chi connectivity index (χ4n) is 2.14. The Morgan fingerprint density at radius 2 is 1.68 bits per heavy atom. The Morgan fingerprint density at radius 1 is 1.08 bits per heavy atom. The third kappa shape index (κ3) is 4.33. The SMILES string of the molecule is Cc1ccc(S(=O)(=O)Nc2c(F)cccc2F)cc1C(=O)NC(C)C. The zero-order valence-corrected chi connectivity index (χ0v) is 14.7. The summed E-state index contributed by atoms with van der Waals surface area (Å²) < 4.78 is 54.1. The van der Waals surface area contributed by atoms with E-state index in [4.69, 9.17) is 0 Å². The lowest BCUT2D eigenvalue weighted by Gasteiger charge is -2.13. The number of carbonyl (C=O) groups is 1. The van der Waals surface area contributed by atoms with Crippen LogP contribution in [-0.4, -0.2) is 20.4 Å². The molecule has 0 aliphatic carbocycles. The monoisotopic (exact) mass is 368 g/mol. The fraction of sp³-hybridized carbons (Fsp3) is 0.235. The van der Waals surface area contributed by atoms with Gasteiger partial charge in [-0.25, -0.2) is 17.2 Å². The van der Waals surface area contributed by atoms with Gasteiger partial charge < -0.3 is 5.32 Å². The predicted octanol–water partition coefficient (Wildman–Crippen LogP) is 3.21. The highest BCUT2D eigenvalue weighted by Crippen LogP contribution is 2.23. The summed E-state index contributed by atoms with van der Waals surface area (Å²) in [6.45, 7) is 5.21. The summed E-state index contributed by atoms with van der Waals surface area (Å²) >= 11 is 0. The molecule has 2 N–H and O–H groups in total. The molecule has 0 heterocycles. The summed E-state index contributed by atoms with van der Waals surface area (Å²) in [5.74, 6) is -2.50. The van der Waals surface area contributed by atoms with E-state index in [2.05, 4.69) is 5.32 Å². The van der Waals surface area contributed by atoms with Crippen LogP contribution in [0.5, 0.6) is 0 Å². The number of carbonyl (C=O) groups excluding carboxylic acids is 1. The van der Waals surface area contributed by atoms with E-state index in [1.54, 1.807) is 20.8 Å². The number of hydrogen-bond donors (Lipinski definition) is 2. The highest BCUT2D eigenvalue weighted by molar-refractivity contribution is 7.92. The van der Waals surface area contributed by atoms with Crippen molar-refractivity contribution in [3.63, 3.8) is 0 Å². The number of amides is 1.